The first kappa shape index (κ1) is 17.8. The molecule has 2 fully saturated rings. The minimum absolute atomic E-state index is 0.119. The van der Waals surface area contributed by atoms with Crippen molar-refractivity contribution in [1.82, 2.24) is 4.90 Å². The molecule has 2 amide bonds. The molecular weight excluding hydrogens is 316 g/mol. The minimum Gasteiger partial charge on any atom is -0.444 e. The van der Waals surface area contributed by atoms with Gasteiger partial charge in [-0.1, -0.05) is 31.0 Å². The van der Waals surface area contributed by atoms with Crippen LogP contribution in [0.2, 0.25) is 0 Å². The Morgan fingerprint density at radius 2 is 1.80 bits per heavy atom. The van der Waals surface area contributed by atoms with Gasteiger partial charge in [-0.05, 0) is 58.1 Å². The molecule has 1 N–H and O–H groups in total. The van der Waals surface area contributed by atoms with E-state index in [4.69, 9.17) is 4.74 Å². The number of hydrogen-bond donors (Lipinski definition) is 1. The SMILES string of the molecule is CC(C)(C)OC(=O)N1[C@H](C(=O)Nc2ccccc2)C[C@@H]2CCCC[C@@H]21. The van der Waals surface area contributed by atoms with E-state index in [0.29, 0.717) is 5.92 Å². The van der Waals surface area contributed by atoms with E-state index in [-0.39, 0.29) is 18.0 Å². The van der Waals surface area contributed by atoms with Crippen molar-refractivity contribution < 1.29 is 14.3 Å². The number of likely N-dealkylation sites (tertiary alicyclic amines) is 1. The maximum Gasteiger partial charge on any atom is 0.411 e. The lowest BCUT2D eigenvalue weighted by molar-refractivity contribution is -0.120. The number of nitrogens with zero attached hydrogens (tertiary/aromatic N) is 1. The molecule has 1 aliphatic carbocycles. The molecule has 3 atom stereocenters. The zero-order valence-corrected chi connectivity index (χ0v) is 15.3. The topological polar surface area (TPSA) is 58.6 Å². The Balaban J connectivity index is 1.79. The molecule has 1 aromatic carbocycles. The van der Waals surface area contributed by atoms with Crippen molar-refractivity contribution in [2.45, 2.75) is 70.6 Å². The summed E-state index contributed by atoms with van der Waals surface area (Å²) >= 11 is 0. The first-order valence-electron chi connectivity index (χ1n) is 9.22. The Hall–Kier alpha value is -2.04. The van der Waals surface area contributed by atoms with E-state index in [2.05, 4.69) is 5.32 Å². The molecule has 1 saturated carbocycles. The summed E-state index contributed by atoms with van der Waals surface area (Å²) in [5, 5.41) is 2.95. The molecule has 2 aliphatic rings. The highest BCUT2D eigenvalue weighted by molar-refractivity contribution is 5.97. The second-order valence-corrected chi connectivity index (χ2v) is 8.11. The summed E-state index contributed by atoms with van der Waals surface area (Å²) in [4.78, 5) is 27.4. The Bertz CT molecular complexity index is 624. The van der Waals surface area contributed by atoms with E-state index in [9.17, 15) is 9.59 Å². The number of fused-ring (bicyclic) bond motifs is 1. The van der Waals surface area contributed by atoms with E-state index in [1.807, 2.05) is 51.1 Å². The van der Waals surface area contributed by atoms with Crippen molar-refractivity contribution >= 4 is 17.7 Å². The Morgan fingerprint density at radius 1 is 1.12 bits per heavy atom. The smallest absolute Gasteiger partial charge is 0.411 e. The van der Waals surface area contributed by atoms with E-state index < -0.39 is 11.6 Å². The summed E-state index contributed by atoms with van der Waals surface area (Å²) in [7, 11) is 0. The second kappa shape index (κ2) is 7.06. The number of nitrogens with one attached hydrogen (secondary N) is 1. The van der Waals surface area contributed by atoms with Gasteiger partial charge in [-0.3, -0.25) is 9.69 Å². The van der Waals surface area contributed by atoms with Gasteiger partial charge >= 0.3 is 6.09 Å². The van der Waals surface area contributed by atoms with Crippen molar-refractivity contribution in [1.29, 1.82) is 0 Å². The van der Waals surface area contributed by atoms with Crippen LogP contribution in [0.25, 0.3) is 0 Å². The van der Waals surface area contributed by atoms with E-state index in [0.717, 1.165) is 31.4 Å². The van der Waals surface area contributed by atoms with Gasteiger partial charge in [0.2, 0.25) is 5.91 Å². The third-order valence-electron chi connectivity index (χ3n) is 5.04. The average molecular weight is 344 g/mol. The van der Waals surface area contributed by atoms with Gasteiger partial charge in [-0.25, -0.2) is 4.79 Å². The molecule has 0 aromatic heterocycles. The molecule has 1 aliphatic heterocycles. The standard InChI is InChI=1S/C20H28N2O3/c1-20(2,3)25-19(24)22-16-12-8-7-9-14(16)13-17(22)18(23)21-15-10-5-4-6-11-15/h4-6,10-11,14,16-17H,7-9,12-13H2,1-3H3,(H,21,23)/t14-,16-,17-/m0/s1. The highest BCUT2D eigenvalue weighted by Gasteiger charge is 2.48. The van der Waals surface area contributed by atoms with Crippen LogP contribution in [0.4, 0.5) is 10.5 Å². The summed E-state index contributed by atoms with van der Waals surface area (Å²) in [6, 6.07) is 9.06. The van der Waals surface area contributed by atoms with Crippen LogP contribution in [0.15, 0.2) is 30.3 Å². The Kier molecular flexibility index (Phi) is 5.02. The number of benzene rings is 1. The quantitative estimate of drug-likeness (QED) is 0.875. The van der Waals surface area contributed by atoms with Crippen molar-refractivity contribution in [3.05, 3.63) is 30.3 Å². The molecule has 136 valence electrons. The lowest BCUT2D eigenvalue weighted by atomic mass is 9.85. The van der Waals surface area contributed by atoms with Crippen LogP contribution >= 0.6 is 0 Å². The van der Waals surface area contributed by atoms with Crippen LogP contribution in [-0.2, 0) is 9.53 Å². The monoisotopic (exact) mass is 344 g/mol. The van der Waals surface area contributed by atoms with Crippen molar-refractivity contribution in [3.63, 3.8) is 0 Å². The van der Waals surface area contributed by atoms with Crippen molar-refractivity contribution in [2.24, 2.45) is 5.92 Å². The largest absolute Gasteiger partial charge is 0.444 e. The van der Waals surface area contributed by atoms with Crippen LogP contribution in [0.1, 0.15) is 52.9 Å². The fourth-order valence-corrected chi connectivity index (χ4v) is 4.02. The molecule has 1 saturated heterocycles. The predicted molar refractivity (Wildman–Crippen MR) is 97.3 cm³/mol. The van der Waals surface area contributed by atoms with Gasteiger partial charge < -0.3 is 10.1 Å². The number of hydrogen-bond acceptors (Lipinski definition) is 3. The number of amides is 2. The van der Waals surface area contributed by atoms with Gasteiger partial charge in [0.1, 0.15) is 11.6 Å². The lowest BCUT2D eigenvalue weighted by Crippen LogP contribution is -2.49. The van der Waals surface area contributed by atoms with E-state index in [1.54, 1.807) is 4.90 Å². The molecule has 0 spiro atoms. The zero-order chi connectivity index (χ0) is 18.0. The third-order valence-corrected chi connectivity index (χ3v) is 5.04. The Labute approximate surface area is 149 Å². The van der Waals surface area contributed by atoms with Gasteiger partial charge in [0.25, 0.3) is 0 Å². The molecule has 3 rings (SSSR count). The molecule has 1 aromatic rings. The lowest BCUT2D eigenvalue weighted by Gasteiger charge is -2.34. The van der Waals surface area contributed by atoms with Gasteiger partial charge in [0, 0.05) is 11.7 Å². The van der Waals surface area contributed by atoms with Gasteiger partial charge in [-0.15, -0.1) is 0 Å². The van der Waals surface area contributed by atoms with Gasteiger partial charge in [0.05, 0.1) is 0 Å². The molecule has 0 bridgehead atoms. The average Bonchev–Trinajstić information content (AvgIpc) is 2.94. The number of anilines is 1. The number of carbonyl (C=O) groups is 2. The molecule has 1 heterocycles. The fourth-order valence-electron chi connectivity index (χ4n) is 4.02. The zero-order valence-electron chi connectivity index (χ0n) is 15.3. The highest BCUT2D eigenvalue weighted by atomic mass is 16.6. The summed E-state index contributed by atoms with van der Waals surface area (Å²) in [5.74, 6) is 0.277. The van der Waals surface area contributed by atoms with Crippen LogP contribution < -0.4 is 5.32 Å². The third kappa shape index (κ3) is 4.14. The van der Waals surface area contributed by atoms with Crippen LogP contribution in [-0.4, -0.2) is 34.6 Å². The van der Waals surface area contributed by atoms with Gasteiger partial charge in [-0.2, -0.15) is 0 Å². The molecule has 5 heteroatoms. The first-order valence-corrected chi connectivity index (χ1v) is 9.22. The Morgan fingerprint density at radius 3 is 2.48 bits per heavy atom. The van der Waals surface area contributed by atoms with Crippen LogP contribution in [0.5, 0.6) is 0 Å². The van der Waals surface area contributed by atoms with Crippen molar-refractivity contribution in [2.75, 3.05) is 5.32 Å². The molecule has 25 heavy (non-hydrogen) atoms. The normalized spacial score (nSPS) is 26.0. The van der Waals surface area contributed by atoms with Crippen LogP contribution in [0, 0.1) is 5.92 Å². The summed E-state index contributed by atoms with van der Waals surface area (Å²) in [5.41, 5.74) is 0.191. The number of ether oxygens (including phenoxy) is 1. The summed E-state index contributed by atoms with van der Waals surface area (Å²) in [6.07, 6.45) is 4.68. The van der Waals surface area contributed by atoms with Crippen LogP contribution in [0.3, 0.4) is 0 Å². The van der Waals surface area contributed by atoms with Gasteiger partial charge in [0.15, 0.2) is 0 Å². The predicted octanol–water partition coefficient (Wildman–Crippen LogP) is 4.19. The summed E-state index contributed by atoms with van der Waals surface area (Å²) in [6.45, 7) is 5.58. The number of carbonyl (C=O) groups excluding carboxylic acids is 2. The minimum atomic E-state index is -0.565. The van der Waals surface area contributed by atoms with Crippen molar-refractivity contribution in [3.8, 4) is 0 Å². The molecule has 5 nitrogen and oxygen atoms in total. The maximum atomic E-state index is 12.9. The molecule has 0 unspecified atom stereocenters. The van der Waals surface area contributed by atoms with E-state index >= 15 is 0 Å². The summed E-state index contributed by atoms with van der Waals surface area (Å²) < 4.78 is 5.61. The van der Waals surface area contributed by atoms with E-state index in [1.165, 1.54) is 6.42 Å². The fraction of sp³-hybridized carbons (Fsp3) is 0.600. The molecular formula is C20H28N2O3. The highest BCUT2D eigenvalue weighted by Crippen LogP contribution is 2.40. The molecule has 0 radical (unpaired) electrons. The number of para-hydroxylation sites is 1. The number of rotatable bonds is 2. The first-order chi connectivity index (χ1) is 11.8. The maximum absolute atomic E-state index is 12.9. The second-order valence-electron chi connectivity index (χ2n) is 8.11.